The van der Waals surface area contributed by atoms with Crippen LogP contribution >= 0.6 is 0 Å². The van der Waals surface area contributed by atoms with E-state index in [9.17, 15) is 0 Å². The minimum Gasteiger partial charge on any atom is -0.493 e. The van der Waals surface area contributed by atoms with Crippen molar-refractivity contribution in [3.63, 3.8) is 0 Å². The molecule has 0 amide bonds. The van der Waals surface area contributed by atoms with Crippen LogP contribution in [0.5, 0.6) is 5.75 Å². The van der Waals surface area contributed by atoms with Crippen LogP contribution in [0.4, 0.5) is 0 Å². The molecule has 0 spiro atoms. The van der Waals surface area contributed by atoms with Crippen LogP contribution in [0, 0.1) is 5.92 Å². The molecule has 20 heavy (non-hydrogen) atoms. The zero-order valence-electron chi connectivity index (χ0n) is 12.1. The molecule has 2 N–H and O–H groups in total. The van der Waals surface area contributed by atoms with E-state index in [4.69, 9.17) is 10.5 Å². The van der Waals surface area contributed by atoms with Crippen molar-refractivity contribution < 1.29 is 4.74 Å². The van der Waals surface area contributed by atoms with Gasteiger partial charge in [0.1, 0.15) is 5.75 Å². The molecule has 2 aromatic rings. The molecule has 1 saturated carbocycles. The first-order valence-corrected chi connectivity index (χ1v) is 7.63. The molecule has 1 aliphatic rings. The monoisotopic (exact) mass is 269 g/mol. The van der Waals surface area contributed by atoms with Gasteiger partial charge in [-0.2, -0.15) is 0 Å². The van der Waals surface area contributed by atoms with Crippen molar-refractivity contribution in [2.45, 2.75) is 38.6 Å². The van der Waals surface area contributed by atoms with Gasteiger partial charge < -0.3 is 10.5 Å². The van der Waals surface area contributed by atoms with Crippen molar-refractivity contribution in [3.05, 3.63) is 42.0 Å². The molecule has 2 heteroatoms. The van der Waals surface area contributed by atoms with Gasteiger partial charge >= 0.3 is 0 Å². The van der Waals surface area contributed by atoms with Crippen LogP contribution in [0.2, 0.25) is 0 Å². The van der Waals surface area contributed by atoms with Gasteiger partial charge in [-0.25, -0.2) is 0 Å². The number of nitrogens with two attached hydrogens (primary N) is 1. The van der Waals surface area contributed by atoms with E-state index in [0.29, 0.717) is 0 Å². The SMILES string of the molecule is CC(N)Cc1c(OCC2CCC2)ccc2ccccc12. The highest BCUT2D eigenvalue weighted by molar-refractivity contribution is 5.87. The lowest BCUT2D eigenvalue weighted by Gasteiger charge is -2.26. The van der Waals surface area contributed by atoms with Gasteiger partial charge in [-0.15, -0.1) is 0 Å². The zero-order valence-corrected chi connectivity index (χ0v) is 12.1. The fourth-order valence-electron chi connectivity index (χ4n) is 2.85. The summed E-state index contributed by atoms with van der Waals surface area (Å²) < 4.78 is 6.09. The minimum atomic E-state index is 0.145. The lowest BCUT2D eigenvalue weighted by atomic mass is 9.86. The van der Waals surface area contributed by atoms with Crippen LogP contribution in [-0.2, 0) is 6.42 Å². The summed E-state index contributed by atoms with van der Waals surface area (Å²) >= 11 is 0. The number of rotatable bonds is 5. The number of fused-ring (bicyclic) bond motifs is 1. The maximum absolute atomic E-state index is 6.09. The van der Waals surface area contributed by atoms with Gasteiger partial charge in [-0.1, -0.05) is 36.8 Å². The normalized spacial score (nSPS) is 16.9. The molecule has 106 valence electrons. The van der Waals surface area contributed by atoms with Crippen molar-refractivity contribution in [3.8, 4) is 5.75 Å². The first-order valence-electron chi connectivity index (χ1n) is 7.63. The molecule has 1 atom stereocenters. The van der Waals surface area contributed by atoms with E-state index in [1.54, 1.807) is 0 Å². The van der Waals surface area contributed by atoms with E-state index < -0.39 is 0 Å². The van der Waals surface area contributed by atoms with E-state index in [1.807, 2.05) is 0 Å². The Labute approximate surface area is 120 Å². The second kappa shape index (κ2) is 5.84. The predicted octanol–water partition coefficient (Wildman–Crippen LogP) is 3.91. The van der Waals surface area contributed by atoms with Gasteiger partial charge in [0, 0.05) is 11.6 Å². The number of hydrogen-bond acceptors (Lipinski definition) is 2. The minimum absolute atomic E-state index is 0.145. The molecular formula is C18H23NO. The summed E-state index contributed by atoms with van der Waals surface area (Å²) in [4.78, 5) is 0. The smallest absolute Gasteiger partial charge is 0.123 e. The number of hydrogen-bond donors (Lipinski definition) is 1. The molecular weight excluding hydrogens is 246 g/mol. The highest BCUT2D eigenvalue weighted by Crippen LogP contribution is 2.32. The van der Waals surface area contributed by atoms with Gasteiger partial charge in [-0.05, 0) is 48.9 Å². The summed E-state index contributed by atoms with van der Waals surface area (Å²) in [6.45, 7) is 2.90. The average Bonchev–Trinajstić information content (AvgIpc) is 2.38. The number of benzene rings is 2. The second-order valence-corrected chi connectivity index (χ2v) is 6.05. The Bertz CT molecular complexity index is 587. The lowest BCUT2D eigenvalue weighted by molar-refractivity contribution is 0.179. The van der Waals surface area contributed by atoms with Crippen molar-refractivity contribution in [2.75, 3.05) is 6.61 Å². The Morgan fingerprint density at radius 1 is 1.20 bits per heavy atom. The molecule has 0 aromatic heterocycles. The van der Waals surface area contributed by atoms with Crippen LogP contribution in [0.25, 0.3) is 10.8 Å². The van der Waals surface area contributed by atoms with Crippen LogP contribution in [0.3, 0.4) is 0 Å². The standard InChI is InChI=1S/C18H23NO/c1-13(19)11-17-16-8-3-2-7-15(16)9-10-18(17)20-12-14-5-4-6-14/h2-3,7-10,13-14H,4-6,11-12,19H2,1H3. The third kappa shape index (κ3) is 2.80. The molecule has 0 heterocycles. The summed E-state index contributed by atoms with van der Waals surface area (Å²) in [5, 5.41) is 2.54. The summed E-state index contributed by atoms with van der Waals surface area (Å²) in [5.41, 5.74) is 7.28. The van der Waals surface area contributed by atoms with E-state index >= 15 is 0 Å². The third-order valence-corrected chi connectivity index (χ3v) is 4.22. The summed E-state index contributed by atoms with van der Waals surface area (Å²) in [6.07, 6.45) is 4.85. The molecule has 0 saturated heterocycles. The molecule has 1 aliphatic carbocycles. The van der Waals surface area contributed by atoms with Crippen molar-refractivity contribution in [1.29, 1.82) is 0 Å². The van der Waals surface area contributed by atoms with Crippen molar-refractivity contribution in [2.24, 2.45) is 11.7 Å². The van der Waals surface area contributed by atoms with E-state index in [-0.39, 0.29) is 6.04 Å². The Kier molecular flexibility index (Phi) is 3.93. The molecule has 2 nitrogen and oxygen atoms in total. The Hall–Kier alpha value is -1.54. The topological polar surface area (TPSA) is 35.2 Å². The maximum Gasteiger partial charge on any atom is 0.123 e. The molecule has 0 aliphatic heterocycles. The van der Waals surface area contributed by atoms with Crippen LogP contribution < -0.4 is 10.5 Å². The van der Waals surface area contributed by atoms with Crippen molar-refractivity contribution in [1.82, 2.24) is 0 Å². The fourth-order valence-corrected chi connectivity index (χ4v) is 2.85. The largest absolute Gasteiger partial charge is 0.493 e. The number of ether oxygens (including phenoxy) is 1. The summed E-state index contributed by atoms with van der Waals surface area (Å²) in [7, 11) is 0. The highest BCUT2D eigenvalue weighted by Gasteiger charge is 2.19. The molecule has 1 fully saturated rings. The first kappa shape index (κ1) is 13.4. The van der Waals surface area contributed by atoms with Gasteiger partial charge in [0.05, 0.1) is 6.61 Å². The van der Waals surface area contributed by atoms with Crippen LogP contribution in [0.15, 0.2) is 36.4 Å². The first-order chi connectivity index (χ1) is 9.74. The van der Waals surface area contributed by atoms with E-state index in [2.05, 4.69) is 43.3 Å². The molecule has 0 radical (unpaired) electrons. The molecule has 1 unspecified atom stereocenters. The zero-order chi connectivity index (χ0) is 13.9. The Balaban J connectivity index is 1.91. The van der Waals surface area contributed by atoms with E-state index in [0.717, 1.165) is 24.7 Å². The predicted molar refractivity (Wildman–Crippen MR) is 84.1 cm³/mol. The van der Waals surface area contributed by atoms with Crippen molar-refractivity contribution >= 4 is 10.8 Å². The van der Waals surface area contributed by atoms with Gasteiger partial charge in [0.2, 0.25) is 0 Å². The summed E-state index contributed by atoms with van der Waals surface area (Å²) in [6, 6.07) is 12.9. The quantitative estimate of drug-likeness (QED) is 0.893. The van der Waals surface area contributed by atoms with E-state index in [1.165, 1.54) is 35.6 Å². The third-order valence-electron chi connectivity index (χ3n) is 4.22. The summed E-state index contributed by atoms with van der Waals surface area (Å²) in [5.74, 6) is 1.78. The van der Waals surface area contributed by atoms with Gasteiger partial charge in [0.25, 0.3) is 0 Å². The van der Waals surface area contributed by atoms with Gasteiger partial charge in [0.15, 0.2) is 0 Å². The maximum atomic E-state index is 6.09. The Morgan fingerprint density at radius 3 is 2.70 bits per heavy atom. The molecule has 0 bridgehead atoms. The molecule has 3 rings (SSSR count). The fraction of sp³-hybridized carbons (Fsp3) is 0.444. The second-order valence-electron chi connectivity index (χ2n) is 6.05. The lowest BCUT2D eigenvalue weighted by Crippen LogP contribution is -2.21. The Morgan fingerprint density at radius 2 is 2.00 bits per heavy atom. The van der Waals surface area contributed by atoms with Crippen LogP contribution in [0.1, 0.15) is 31.7 Å². The highest BCUT2D eigenvalue weighted by atomic mass is 16.5. The van der Waals surface area contributed by atoms with Gasteiger partial charge in [-0.3, -0.25) is 0 Å². The molecule has 2 aromatic carbocycles. The average molecular weight is 269 g/mol. The van der Waals surface area contributed by atoms with Crippen LogP contribution in [-0.4, -0.2) is 12.6 Å².